The normalized spacial score (nSPS) is 12.9. The smallest absolute Gasteiger partial charge is 0.228 e. The summed E-state index contributed by atoms with van der Waals surface area (Å²) in [7, 11) is -1.43. The maximum absolute atomic E-state index is 12.3. The van der Waals surface area contributed by atoms with Gasteiger partial charge in [0, 0.05) is 18.2 Å². The van der Waals surface area contributed by atoms with Crippen LogP contribution in [0.3, 0.4) is 0 Å². The summed E-state index contributed by atoms with van der Waals surface area (Å²) in [5.74, 6) is 0.0436. The van der Waals surface area contributed by atoms with Crippen LogP contribution in [-0.4, -0.2) is 32.5 Å². The average molecular weight is 337 g/mol. The van der Waals surface area contributed by atoms with Gasteiger partial charge in [-0.05, 0) is 36.1 Å². The zero-order valence-electron chi connectivity index (χ0n) is 12.8. The van der Waals surface area contributed by atoms with E-state index in [1.54, 1.807) is 47.5 Å². The highest BCUT2D eigenvalue weighted by atomic mass is 32.2. The molecule has 4 nitrogen and oxygen atoms in total. The summed E-state index contributed by atoms with van der Waals surface area (Å²) < 4.78 is 22.9. The quantitative estimate of drug-likeness (QED) is 0.843. The lowest BCUT2D eigenvalue weighted by atomic mass is 10.1. The van der Waals surface area contributed by atoms with Crippen LogP contribution in [-0.2, 0) is 21.1 Å². The molecule has 1 heterocycles. The van der Waals surface area contributed by atoms with Crippen molar-refractivity contribution in [2.24, 2.45) is 0 Å². The minimum Gasteiger partial charge on any atom is -0.339 e. The Hall–Kier alpha value is -1.66. The lowest BCUT2D eigenvalue weighted by Crippen LogP contribution is -2.30. The molecule has 0 aliphatic heterocycles. The van der Waals surface area contributed by atoms with E-state index >= 15 is 0 Å². The van der Waals surface area contributed by atoms with E-state index in [9.17, 15) is 13.2 Å². The summed E-state index contributed by atoms with van der Waals surface area (Å²) in [5, 5.41) is 1.95. The van der Waals surface area contributed by atoms with Crippen LogP contribution in [0.5, 0.6) is 0 Å². The Morgan fingerprint density at radius 1 is 1.23 bits per heavy atom. The van der Waals surface area contributed by atoms with E-state index in [1.807, 2.05) is 24.4 Å². The van der Waals surface area contributed by atoms with Crippen molar-refractivity contribution in [1.82, 2.24) is 4.90 Å². The molecule has 2 rings (SSSR count). The Morgan fingerprint density at radius 2 is 1.86 bits per heavy atom. The molecule has 22 heavy (non-hydrogen) atoms. The number of sulfone groups is 1. The molecule has 6 heteroatoms. The Labute approximate surface area is 135 Å². The van der Waals surface area contributed by atoms with Gasteiger partial charge in [0.1, 0.15) is 0 Å². The molecular weight excluding hydrogens is 318 g/mol. The highest BCUT2D eigenvalue weighted by molar-refractivity contribution is 7.90. The van der Waals surface area contributed by atoms with Crippen molar-refractivity contribution in [2.45, 2.75) is 24.3 Å². The average Bonchev–Trinajstić information content (AvgIpc) is 2.97. The van der Waals surface area contributed by atoms with Crippen LogP contribution in [0.15, 0.2) is 46.7 Å². The maximum atomic E-state index is 12.3. The summed E-state index contributed by atoms with van der Waals surface area (Å²) in [6, 6.07) is 10.5. The van der Waals surface area contributed by atoms with Crippen molar-refractivity contribution in [2.75, 3.05) is 13.3 Å². The van der Waals surface area contributed by atoms with Crippen molar-refractivity contribution >= 4 is 27.1 Å². The van der Waals surface area contributed by atoms with Crippen LogP contribution < -0.4 is 0 Å². The van der Waals surface area contributed by atoms with Gasteiger partial charge in [-0.15, -0.1) is 11.3 Å². The van der Waals surface area contributed by atoms with Crippen molar-refractivity contribution in [1.29, 1.82) is 0 Å². The van der Waals surface area contributed by atoms with Gasteiger partial charge in [-0.25, -0.2) is 8.42 Å². The van der Waals surface area contributed by atoms with E-state index in [2.05, 4.69) is 0 Å². The summed E-state index contributed by atoms with van der Waals surface area (Å²) in [6.07, 6.45) is 1.57. The summed E-state index contributed by atoms with van der Waals surface area (Å²) in [6.45, 7) is 1.93. The third-order valence-electron chi connectivity index (χ3n) is 3.67. The molecule has 1 aromatic heterocycles. The molecule has 1 amide bonds. The van der Waals surface area contributed by atoms with Crippen molar-refractivity contribution in [3.05, 3.63) is 52.2 Å². The highest BCUT2D eigenvalue weighted by Crippen LogP contribution is 2.22. The van der Waals surface area contributed by atoms with E-state index in [1.165, 1.54) is 6.26 Å². The van der Waals surface area contributed by atoms with Crippen LogP contribution in [0.2, 0.25) is 0 Å². The predicted molar refractivity (Wildman–Crippen MR) is 88.8 cm³/mol. The second-order valence-electron chi connectivity index (χ2n) is 5.28. The molecule has 0 saturated heterocycles. The number of amides is 1. The molecule has 118 valence electrons. The molecule has 0 aliphatic carbocycles. The predicted octanol–water partition coefficient (Wildman–Crippen LogP) is 2.91. The fraction of sp³-hybridized carbons (Fsp3) is 0.312. The first kappa shape index (κ1) is 16.7. The minimum atomic E-state index is -3.20. The minimum absolute atomic E-state index is 0.0436. The first-order valence-electron chi connectivity index (χ1n) is 6.87. The fourth-order valence-electron chi connectivity index (χ4n) is 2.12. The standard InChI is InChI=1S/C16H19NO3S2/c1-12(13-6-8-15(9-7-13)22(3,19)20)17(2)16(18)11-14-5-4-10-21-14/h4-10,12H,11H2,1-3H3/t12-/m0/s1. The van der Waals surface area contributed by atoms with Crippen LogP contribution in [0.1, 0.15) is 23.4 Å². The number of benzene rings is 1. The van der Waals surface area contributed by atoms with Gasteiger partial charge in [0.05, 0.1) is 17.4 Å². The number of thiophene rings is 1. The third-order valence-corrected chi connectivity index (χ3v) is 5.68. The van der Waals surface area contributed by atoms with Crippen LogP contribution >= 0.6 is 11.3 Å². The number of likely N-dealkylation sites (N-methyl/N-ethyl adjacent to an activating group) is 1. The fourth-order valence-corrected chi connectivity index (χ4v) is 3.45. The molecule has 0 unspecified atom stereocenters. The van der Waals surface area contributed by atoms with Crippen molar-refractivity contribution < 1.29 is 13.2 Å². The first-order valence-corrected chi connectivity index (χ1v) is 9.64. The first-order chi connectivity index (χ1) is 10.3. The van der Waals surface area contributed by atoms with Gasteiger partial charge in [-0.2, -0.15) is 0 Å². The van der Waals surface area contributed by atoms with E-state index in [0.717, 1.165) is 10.4 Å². The molecule has 0 N–H and O–H groups in total. The largest absolute Gasteiger partial charge is 0.339 e. The van der Waals surface area contributed by atoms with Gasteiger partial charge in [0.15, 0.2) is 9.84 Å². The van der Waals surface area contributed by atoms with Crippen LogP contribution in [0.4, 0.5) is 0 Å². The summed E-state index contributed by atoms with van der Waals surface area (Å²) in [5.41, 5.74) is 0.912. The molecule has 0 spiro atoms. The number of carbonyl (C=O) groups is 1. The van der Waals surface area contributed by atoms with Gasteiger partial charge in [0.25, 0.3) is 0 Å². The third kappa shape index (κ3) is 3.96. The summed E-state index contributed by atoms with van der Waals surface area (Å²) in [4.78, 5) is 15.3. The number of hydrogen-bond acceptors (Lipinski definition) is 4. The lowest BCUT2D eigenvalue weighted by Gasteiger charge is -2.25. The van der Waals surface area contributed by atoms with E-state index in [-0.39, 0.29) is 16.8 Å². The molecule has 0 aliphatic rings. The lowest BCUT2D eigenvalue weighted by molar-refractivity contribution is -0.131. The van der Waals surface area contributed by atoms with Gasteiger partial charge in [-0.3, -0.25) is 4.79 Å². The summed E-state index contributed by atoms with van der Waals surface area (Å²) >= 11 is 1.57. The molecule has 0 fully saturated rings. The maximum Gasteiger partial charge on any atom is 0.228 e. The zero-order valence-corrected chi connectivity index (χ0v) is 14.4. The molecule has 1 aromatic carbocycles. The molecule has 2 aromatic rings. The SMILES string of the molecule is C[C@@H](c1ccc(S(C)(=O)=O)cc1)N(C)C(=O)Cc1cccs1. The second-order valence-corrected chi connectivity index (χ2v) is 8.33. The van der Waals surface area contributed by atoms with Crippen molar-refractivity contribution in [3.63, 3.8) is 0 Å². The van der Waals surface area contributed by atoms with E-state index < -0.39 is 9.84 Å². The Kier molecular flexibility index (Phi) is 5.03. The number of rotatable bonds is 5. The molecular formula is C16H19NO3S2. The van der Waals surface area contributed by atoms with Gasteiger partial charge < -0.3 is 4.90 Å². The zero-order chi connectivity index (χ0) is 16.3. The van der Waals surface area contributed by atoms with Gasteiger partial charge in [0.2, 0.25) is 5.91 Å². The number of carbonyl (C=O) groups excluding carboxylic acids is 1. The number of hydrogen-bond donors (Lipinski definition) is 0. The molecule has 0 saturated carbocycles. The Balaban J connectivity index is 2.09. The monoisotopic (exact) mass is 337 g/mol. The highest BCUT2D eigenvalue weighted by Gasteiger charge is 2.18. The van der Waals surface area contributed by atoms with Crippen LogP contribution in [0.25, 0.3) is 0 Å². The van der Waals surface area contributed by atoms with Gasteiger partial charge >= 0.3 is 0 Å². The van der Waals surface area contributed by atoms with Crippen LogP contribution in [0, 0.1) is 0 Å². The molecule has 1 atom stereocenters. The van der Waals surface area contributed by atoms with E-state index in [4.69, 9.17) is 0 Å². The topological polar surface area (TPSA) is 54.5 Å². The second kappa shape index (κ2) is 6.62. The Bertz CT molecular complexity index is 734. The molecule has 0 bridgehead atoms. The van der Waals surface area contributed by atoms with E-state index in [0.29, 0.717) is 6.42 Å². The Morgan fingerprint density at radius 3 is 2.36 bits per heavy atom. The number of nitrogens with zero attached hydrogens (tertiary/aromatic N) is 1. The van der Waals surface area contributed by atoms with Gasteiger partial charge in [-0.1, -0.05) is 18.2 Å². The molecule has 0 radical (unpaired) electrons. The van der Waals surface area contributed by atoms with Crippen molar-refractivity contribution in [3.8, 4) is 0 Å².